The van der Waals surface area contributed by atoms with Crippen molar-refractivity contribution in [2.24, 2.45) is 0 Å². The third-order valence-corrected chi connectivity index (χ3v) is 3.49. The van der Waals surface area contributed by atoms with Crippen LogP contribution in [0, 0.1) is 0 Å². The van der Waals surface area contributed by atoms with Crippen LogP contribution in [0.1, 0.15) is 51.9 Å². The largest absolute Gasteiger partial charge is 0.353 e. The van der Waals surface area contributed by atoms with Gasteiger partial charge in [-0.2, -0.15) is 0 Å². The molecule has 0 saturated heterocycles. The third-order valence-electron chi connectivity index (χ3n) is 3.49. The molecular weight excluding hydrogens is 198 g/mol. The van der Waals surface area contributed by atoms with Gasteiger partial charge in [0.15, 0.2) is 0 Å². The second-order valence-corrected chi connectivity index (χ2v) is 4.72. The van der Waals surface area contributed by atoms with Crippen molar-refractivity contribution < 1.29 is 0 Å². The summed E-state index contributed by atoms with van der Waals surface area (Å²) in [4.78, 5) is 4.39. The van der Waals surface area contributed by atoms with E-state index in [0.717, 1.165) is 12.5 Å². The molecule has 0 spiro atoms. The number of nitrogens with zero attached hydrogens (tertiary/aromatic N) is 2. The average molecular weight is 221 g/mol. The molecule has 1 aromatic rings. The van der Waals surface area contributed by atoms with Crippen molar-refractivity contribution in [3.63, 3.8) is 0 Å². The molecule has 1 fully saturated rings. The maximum Gasteiger partial charge on any atom is 0.202 e. The summed E-state index contributed by atoms with van der Waals surface area (Å²) in [5, 5.41) is 3.60. The van der Waals surface area contributed by atoms with E-state index < -0.39 is 0 Å². The molecular formula is C13H23N3. The second-order valence-electron chi connectivity index (χ2n) is 4.72. The van der Waals surface area contributed by atoms with E-state index in [1.807, 2.05) is 12.4 Å². The fourth-order valence-corrected chi connectivity index (χ4v) is 2.49. The molecule has 0 atom stereocenters. The molecule has 90 valence electrons. The van der Waals surface area contributed by atoms with E-state index in [0.29, 0.717) is 6.04 Å². The number of nitrogens with one attached hydrogen (secondary N) is 1. The van der Waals surface area contributed by atoms with Gasteiger partial charge >= 0.3 is 0 Å². The molecule has 1 aromatic heterocycles. The van der Waals surface area contributed by atoms with Crippen molar-refractivity contribution in [3.05, 3.63) is 12.4 Å². The minimum absolute atomic E-state index is 0.632. The van der Waals surface area contributed by atoms with Crippen LogP contribution in [0.5, 0.6) is 0 Å². The van der Waals surface area contributed by atoms with Gasteiger partial charge in [0.2, 0.25) is 5.95 Å². The normalized spacial score (nSPS) is 19.1. The SMILES string of the molecule is CCn1ccnc1NC1CCCCCCC1. The molecule has 1 aliphatic carbocycles. The summed E-state index contributed by atoms with van der Waals surface area (Å²) in [6.07, 6.45) is 13.5. The highest BCUT2D eigenvalue weighted by Crippen LogP contribution is 2.20. The van der Waals surface area contributed by atoms with Crippen LogP contribution in [0.2, 0.25) is 0 Å². The first-order valence-corrected chi connectivity index (χ1v) is 6.68. The Morgan fingerprint density at radius 1 is 1.25 bits per heavy atom. The summed E-state index contributed by atoms with van der Waals surface area (Å²) < 4.78 is 2.18. The van der Waals surface area contributed by atoms with Gasteiger partial charge in [-0.1, -0.05) is 32.1 Å². The van der Waals surface area contributed by atoms with Gasteiger partial charge in [0.05, 0.1) is 0 Å². The summed E-state index contributed by atoms with van der Waals surface area (Å²) in [5.41, 5.74) is 0. The van der Waals surface area contributed by atoms with Crippen LogP contribution in [0.25, 0.3) is 0 Å². The smallest absolute Gasteiger partial charge is 0.202 e. The molecule has 3 nitrogen and oxygen atoms in total. The van der Waals surface area contributed by atoms with Crippen molar-refractivity contribution >= 4 is 5.95 Å². The highest BCUT2D eigenvalue weighted by molar-refractivity contribution is 5.27. The van der Waals surface area contributed by atoms with Crippen LogP contribution >= 0.6 is 0 Å². The van der Waals surface area contributed by atoms with Crippen LogP contribution in [0.3, 0.4) is 0 Å². The summed E-state index contributed by atoms with van der Waals surface area (Å²) in [5.74, 6) is 1.05. The molecule has 0 amide bonds. The summed E-state index contributed by atoms with van der Waals surface area (Å²) in [7, 11) is 0. The lowest BCUT2D eigenvalue weighted by atomic mass is 9.97. The van der Waals surface area contributed by atoms with Crippen LogP contribution in [0.15, 0.2) is 12.4 Å². The Bertz CT molecular complexity index is 298. The zero-order valence-corrected chi connectivity index (χ0v) is 10.3. The second kappa shape index (κ2) is 5.92. The zero-order chi connectivity index (χ0) is 11.2. The van der Waals surface area contributed by atoms with E-state index >= 15 is 0 Å². The van der Waals surface area contributed by atoms with E-state index in [1.165, 1.54) is 44.9 Å². The minimum atomic E-state index is 0.632. The van der Waals surface area contributed by atoms with Crippen molar-refractivity contribution in [1.29, 1.82) is 0 Å². The number of hydrogen-bond donors (Lipinski definition) is 1. The average Bonchev–Trinajstić information content (AvgIpc) is 2.69. The minimum Gasteiger partial charge on any atom is -0.353 e. The first-order chi connectivity index (χ1) is 7.90. The molecule has 3 heteroatoms. The number of aromatic nitrogens is 2. The lowest BCUT2D eigenvalue weighted by Gasteiger charge is -2.21. The molecule has 1 N–H and O–H groups in total. The Morgan fingerprint density at radius 3 is 2.62 bits per heavy atom. The number of hydrogen-bond acceptors (Lipinski definition) is 2. The van der Waals surface area contributed by atoms with E-state index in [2.05, 4.69) is 21.8 Å². The monoisotopic (exact) mass is 221 g/mol. The fourth-order valence-electron chi connectivity index (χ4n) is 2.49. The first kappa shape index (κ1) is 11.5. The highest BCUT2D eigenvalue weighted by Gasteiger charge is 2.12. The highest BCUT2D eigenvalue weighted by atomic mass is 15.2. The Balaban J connectivity index is 1.91. The van der Waals surface area contributed by atoms with E-state index in [-0.39, 0.29) is 0 Å². The van der Waals surface area contributed by atoms with E-state index in [1.54, 1.807) is 0 Å². The molecule has 0 aliphatic heterocycles. The summed E-state index contributed by atoms with van der Waals surface area (Å²) >= 11 is 0. The lowest BCUT2D eigenvalue weighted by Crippen LogP contribution is -2.22. The maximum atomic E-state index is 4.39. The number of rotatable bonds is 3. The summed E-state index contributed by atoms with van der Waals surface area (Å²) in [6.45, 7) is 3.15. The molecule has 0 aromatic carbocycles. The van der Waals surface area contributed by atoms with Crippen LogP contribution in [0.4, 0.5) is 5.95 Å². The van der Waals surface area contributed by atoms with Gasteiger partial charge < -0.3 is 9.88 Å². The predicted molar refractivity (Wildman–Crippen MR) is 67.6 cm³/mol. The maximum absolute atomic E-state index is 4.39. The number of anilines is 1. The summed E-state index contributed by atoms with van der Waals surface area (Å²) in [6, 6.07) is 0.632. The quantitative estimate of drug-likeness (QED) is 0.847. The van der Waals surface area contributed by atoms with Crippen LogP contribution < -0.4 is 5.32 Å². The fraction of sp³-hybridized carbons (Fsp3) is 0.769. The molecule has 2 rings (SSSR count). The van der Waals surface area contributed by atoms with E-state index in [4.69, 9.17) is 0 Å². The molecule has 1 heterocycles. The van der Waals surface area contributed by atoms with Gasteiger partial charge in [-0.15, -0.1) is 0 Å². The Labute approximate surface area is 98.3 Å². The lowest BCUT2D eigenvalue weighted by molar-refractivity contribution is 0.468. The van der Waals surface area contributed by atoms with Gasteiger partial charge in [-0.25, -0.2) is 4.98 Å². The first-order valence-electron chi connectivity index (χ1n) is 6.68. The topological polar surface area (TPSA) is 29.9 Å². The molecule has 16 heavy (non-hydrogen) atoms. The predicted octanol–water partition coefficient (Wildman–Crippen LogP) is 3.43. The van der Waals surface area contributed by atoms with Gasteiger partial charge in [0.1, 0.15) is 0 Å². The van der Waals surface area contributed by atoms with Gasteiger partial charge in [-0.3, -0.25) is 0 Å². The molecule has 0 radical (unpaired) electrons. The number of aryl methyl sites for hydroxylation is 1. The molecule has 0 bridgehead atoms. The number of imidazole rings is 1. The Hall–Kier alpha value is -0.990. The van der Waals surface area contributed by atoms with Crippen molar-refractivity contribution in [1.82, 2.24) is 9.55 Å². The molecule has 1 saturated carbocycles. The van der Waals surface area contributed by atoms with Crippen LogP contribution in [-0.2, 0) is 6.54 Å². The standard InChI is InChI=1S/C13H23N3/c1-2-16-11-10-14-13(16)15-12-8-6-4-3-5-7-9-12/h10-12H,2-9H2,1H3,(H,14,15). The van der Waals surface area contributed by atoms with E-state index in [9.17, 15) is 0 Å². The van der Waals surface area contributed by atoms with Crippen LogP contribution in [-0.4, -0.2) is 15.6 Å². The van der Waals surface area contributed by atoms with Gasteiger partial charge in [0, 0.05) is 25.0 Å². The van der Waals surface area contributed by atoms with Crippen molar-refractivity contribution in [3.8, 4) is 0 Å². The molecule has 0 unspecified atom stereocenters. The molecule has 1 aliphatic rings. The van der Waals surface area contributed by atoms with Crippen molar-refractivity contribution in [2.75, 3.05) is 5.32 Å². The van der Waals surface area contributed by atoms with Crippen molar-refractivity contribution in [2.45, 2.75) is 64.5 Å². The van der Waals surface area contributed by atoms with Gasteiger partial charge in [0.25, 0.3) is 0 Å². The Morgan fingerprint density at radius 2 is 1.94 bits per heavy atom. The zero-order valence-electron chi connectivity index (χ0n) is 10.3. The third kappa shape index (κ3) is 3.00. The van der Waals surface area contributed by atoms with Gasteiger partial charge in [-0.05, 0) is 19.8 Å². The Kier molecular flexibility index (Phi) is 4.25.